The molecule has 4 atom stereocenters. The number of ether oxygens (including phenoxy) is 1. The van der Waals surface area contributed by atoms with Crippen LogP contribution in [0.25, 0.3) is 0 Å². The molecule has 2 N–H and O–H groups in total. The zero-order valence-corrected chi connectivity index (χ0v) is 22.7. The predicted molar refractivity (Wildman–Crippen MR) is 138 cm³/mol. The summed E-state index contributed by atoms with van der Waals surface area (Å²) in [4.78, 5) is 26.4. The highest BCUT2D eigenvalue weighted by atomic mass is 32.2. The van der Waals surface area contributed by atoms with Crippen LogP contribution in [0.1, 0.15) is 45.2 Å². The third-order valence-electron chi connectivity index (χ3n) is 6.00. The highest BCUT2D eigenvalue weighted by Gasteiger charge is 2.45. The second kappa shape index (κ2) is 11.6. The van der Waals surface area contributed by atoms with Gasteiger partial charge in [-0.25, -0.2) is 4.79 Å². The van der Waals surface area contributed by atoms with E-state index in [4.69, 9.17) is 8.92 Å². The number of aryl methyl sites for hydroxylation is 1. The third-order valence-corrected chi connectivity index (χ3v) is 7.37. The van der Waals surface area contributed by atoms with Crippen LogP contribution in [0.4, 0.5) is 4.79 Å². The fourth-order valence-electron chi connectivity index (χ4n) is 4.34. The van der Waals surface area contributed by atoms with Gasteiger partial charge in [-0.1, -0.05) is 48.0 Å². The van der Waals surface area contributed by atoms with E-state index in [0.29, 0.717) is 6.42 Å². The number of benzene rings is 2. The summed E-state index contributed by atoms with van der Waals surface area (Å²) in [5.74, 6) is -0.337. The minimum atomic E-state index is -4.11. The van der Waals surface area contributed by atoms with E-state index in [1.54, 1.807) is 32.9 Å². The Hall–Kier alpha value is -2.95. The number of rotatable bonds is 8. The first-order chi connectivity index (χ1) is 17.2. The Bertz CT molecular complexity index is 1180. The van der Waals surface area contributed by atoms with E-state index in [1.807, 2.05) is 37.3 Å². The van der Waals surface area contributed by atoms with Crippen LogP contribution in [0.2, 0.25) is 0 Å². The van der Waals surface area contributed by atoms with Crippen LogP contribution in [0.3, 0.4) is 0 Å². The van der Waals surface area contributed by atoms with Crippen molar-refractivity contribution in [3.8, 4) is 0 Å². The second-order valence-corrected chi connectivity index (χ2v) is 12.0. The van der Waals surface area contributed by atoms with Crippen molar-refractivity contribution in [2.24, 2.45) is 0 Å². The molecular formula is C27H36N2O7S. The molecule has 1 fully saturated rings. The summed E-state index contributed by atoms with van der Waals surface area (Å²) in [5.41, 5.74) is 0.985. The maximum atomic E-state index is 13.1. The molecule has 0 radical (unpaired) electrons. The van der Waals surface area contributed by atoms with Gasteiger partial charge in [-0.2, -0.15) is 8.42 Å². The Kier molecular flexibility index (Phi) is 8.99. The molecule has 0 saturated carbocycles. The highest BCUT2D eigenvalue weighted by molar-refractivity contribution is 7.86. The van der Waals surface area contributed by atoms with Gasteiger partial charge in [0.1, 0.15) is 5.60 Å². The lowest BCUT2D eigenvalue weighted by Gasteiger charge is -2.34. The number of carbonyl (C=O) groups is 2. The molecular weight excluding hydrogens is 496 g/mol. The van der Waals surface area contributed by atoms with Crippen molar-refractivity contribution in [3.63, 3.8) is 0 Å². The molecule has 9 nitrogen and oxygen atoms in total. The van der Waals surface area contributed by atoms with Crippen molar-refractivity contribution in [3.05, 3.63) is 65.7 Å². The molecule has 4 unspecified atom stereocenters. The summed E-state index contributed by atoms with van der Waals surface area (Å²) >= 11 is 0. The number of nitrogens with one attached hydrogen (secondary N) is 1. The Balaban J connectivity index is 1.87. The van der Waals surface area contributed by atoms with Crippen molar-refractivity contribution in [2.45, 2.75) is 82.2 Å². The van der Waals surface area contributed by atoms with Gasteiger partial charge in [0, 0.05) is 6.92 Å². The normalized spacial score (nSPS) is 19.8. The summed E-state index contributed by atoms with van der Waals surface area (Å²) in [6.45, 7) is 8.26. The van der Waals surface area contributed by atoms with Gasteiger partial charge >= 0.3 is 6.09 Å². The van der Waals surface area contributed by atoms with E-state index in [1.165, 1.54) is 24.0 Å². The van der Waals surface area contributed by atoms with Crippen molar-refractivity contribution >= 4 is 22.1 Å². The SMILES string of the molecule is CC(=O)NC(Cc1ccccc1)C(O)C1CC(OS(=O)(=O)c2ccc(C)cc2)CN1C(=O)OC(C)(C)C. The summed E-state index contributed by atoms with van der Waals surface area (Å²) in [6.07, 6.45) is -2.47. The Morgan fingerprint density at radius 3 is 2.30 bits per heavy atom. The van der Waals surface area contributed by atoms with E-state index >= 15 is 0 Å². The Morgan fingerprint density at radius 2 is 1.73 bits per heavy atom. The van der Waals surface area contributed by atoms with E-state index < -0.39 is 46.1 Å². The van der Waals surface area contributed by atoms with Crippen LogP contribution in [0.5, 0.6) is 0 Å². The van der Waals surface area contributed by atoms with Crippen LogP contribution in [0, 0.1) is 6.92 Å². The van der Waals surface area contributed by atoms with Crippen molar-refractivity contribution < 1.29 is 32.0 Å². The fraction of sp³-hybridized carbons (Fsp3) is 0.481. The summed E-state index contributed by atoms with van der Waals surface area (Å²) in [5, 5.41) is 14.2. The molecule has 1 aliphatic heterocycles. The number of aliphatic hydroxyl groups is 1. The van der Waals surface area contributed by atoms with E-state index in [0.717, 1.165) is 11.1 Å². The molecule has 37 heavy (non-hydrogen) atoms. The number of aliphatic hydroxyl groups excluding tert-OH is 1. The molecule has 1 saturated heterocycles. The van der Waals surface area contributed by atoms with Crippen molar-refractivity contribution in [1.29, 1.82) is 0 Å². The number of nitrogens with zero attached hydrogens (tertiary/aromatic N) is 1. The lowest BCUT2D eigenvalue weighted by atomic mass is 9.94. The molecule has 3 rings (SSSR count). The number of amides is 2. The quantitative estimate of drug-likeness (QED) is 0.501. The molecule has 2 amide bonds. The molecule has 0 bridgehead atoms. The molecule has 2 aromatic carbocycles. The standard InChI is InChI=1S/C27H36N2O7S/c1-18-11-13-22(14-12-18)37(33,34)36-21-16-24(29(17-21)26(32)35-27(3,4)5)25(31)23(28-19(2)30)15-20-9-7-6-8-10-20/h6-14,21,23-25,31H,15-17H2,1-5H3,(H,28,30). The molecule has 1 heterocycles. The van der Waals surface area contributed by atoms with Crippen LogP contribution in [-0.4, -0.2) is 66.9 Å². The minimum absolute atomic E-state index is 0.00566. The molecule has 0 aliphatic carbocycles. The van der Waals surface area contributed by atoms with Gasteiger partial charge < -0.3 is 15.2 Å². The van der Waals surface area contributed by atoms with Gasteiger partial charge in [-0.15, -0.1) is 0 Å². The highest BCUT2D eigenvalue weighted by Crippen LogP contribution is 2.30. The maximum absolute atomic E-state index is 13.1. The number of carbonyl (C=O) groups excluding carboxylic acids is 2. The van der Waals surface area contributed by atoms with Crippen LogP contribution in [-0.2, 0) is 30.3 Å². The molecule has 10 heteroatoms. The van der Waals surface area contributed by atoms with E-state index in [9.17, 15) is 23.1 Å². The van der Waals surface area contributed by atoms with Crippen LogP contribution >= 0.6 is 0 Å². The first-order valence-electron chi connectivity index (χ1n) is 12.2. The smallest absolute Gasteiger partial charge is 0.410 e. The van der Waals surface area contributed by atoms with Crippen LogP contribution in [0.15, 0.2) is 59.5 Å². The van der Waals surface area contributed by atoms with Gasteiger partial charge in [0.2, 0.25) is 5.91 Å². The first kappa shape index (κ1) is 28.6. The second-order valence-electron chi connectivity index (χ2n) is 10.4. The summed E-state index contributed by atoms with van der Waals surface area (Å²) in [6, 6.07) is 14.0. The number of likely N-dealkylation sites (tertiary alicyclic amines) is 1. The van der Waals surface area contributed by atoms with Gasteiger partial charge in [0.15, 0.2) is 0 Å². The zero-order valence-electron chi connectivity index (χ0n) is 21.9. The van der Waals surface area contributed by atoms with Crippen molar-refractivity contribution in [1.82, 2.24) is 10.2 Å². The average Bonchev–Trinajstić information content (AvgIpc) is 3.21. The lowest BCUT2D eigenvalue weighted by Crippen LogP contribution is -2.54. The molecule has 1 aliphatic rings. The van der Waals surface area contributed by atoms with E-state index in [-0.39, 0.29) is 23.8 Å². The van der Waals surface area contributed by atoms with Gasteiger partial charge in [-0.05, 0) is 58.2 Å². The Labute approximate surface area is 218 Å². The first-order valence-corrected chi connectivity index (χ1v) is 13.6. The van der Waals surface area contributed by atoms with Gasteiger partial charge in [0.05, 0.1) is 35.7 Å². The lowest BCUT2D eigenvalue weighted by molar-refractivity contribution is -0.120. The molecule has 0 spiro atoms. The topological polar surface area (TPSA) is 122 Å². The third kappa shape index (κ3) is 8.02. The zero-order chi connectivity index (χ0) is 27.4. The Morgan fingerprint density at radius 1 is 1.11 bits per heavy atom. The molecule has 0 aromatic heterocycles. The average molecular weight is 533 g/mol. The van der Waals surface area contributed by atoms with E-state index in [2.05, 4.69) is 5.32 Å². The monoisotopic (exact) mass is 532 g/mol. The summed E-state index contributed by atoms with van der Waals surface area (Å²) < 4.78 is 36.9. The number of hydrogen-bond acceptors (Lipinski definition) is 7. The van der Waals surface area contributed by atoms with Gasteiger partial charge in [0.25, 0.3) is 10.1 Å². The minimum Gasteiger partial charge on any atom is -0.444 e. The largest absolute Gasteiger partial charge is 0.444 e. The summed E-state index contributed by atoms with van der Waals surface area (Å²) in [7, 11) is -4.11. The number of hydrogen-bond donors (Lipinski definition) is 2. The molecule has 2 aromatic rings. The van der Waals surface area contributed by atoms with Crippen molar-refractivity contribution in [2.75, 3.05) is 6.54 Å². The molecule has 202 valence electrons. The van der Waals surface area contributed by atoms with Crippen LogP contribution < -0.4 is 5.32 Å². The van der Waals surface area contributed by atoms with Gasteiger partial charge in [-0.3, -0.25) is 13.9 Å². The fourth-order valence-corrected chi connectivity index (χ4v) is 5.42. The predicted octanol–water partition coefficient (Wildman–Crippen LogP) is 3.19. The maximum Gasteiger partial charge on any atom is 0.410 e.